The highest BCUT2D eigenvalue weighted by atomic mass is 16.6. The first kappa shape index (κ1) is 21.2. The maximum Gasteiger partial charge on any atom is 0.331 e. The van der Waals surface area contributed by atoms with Gasteiger partial charge in [0.15, 0.2) is 6.04 Å². The van der Waals surface area contributed by atoms with Crippen molar-refractivity contribution in [3.8, 4) is 5.75 Å². The number of imide groups is 1. The molecule has 3 aliphatic rings. The number of rotatable bonds is 3. The summed E-state index contributed by atoms with van der Waals surface area (Å²) in [5, 5.41) is 6.10. The number of ether oxygens (including phenoxy) is 2. The summed E-state index contributed by atoms with van der Waals surface area (Å²) in [6.45, 7) is 5.32. The van der Waals surface area contributed by atoms with Crippen LogP contribution < -0.4 is 9.64 Å². The summed E-state index contributed by atoms with van der Waals surface area (Å²) in [6, 6.07) is 12.8. The maximum atomic E-state index is 13.7. The fourth-order valence-electron chi connectivity index (χ4n) is 4.99. The Labute approximate surface area is 191 Å². The minimum atomic E-state index is -0.997. The summed E-state index contributed by atoms with van der Waals surface area (Å²) in [5.74, 6) is -2.37. The molecular formula is C25H25N3O5. The van der Waals surface area contributed by atoms with E-state index in [1.807, 2.05) is 24.3 Å². The second kappa shape index (κ2) is 7.43. The summed E-state index contributed by atoms with van der Waals surface area (Å²) < 4.78 is 10.9. The van der Waals surface area contributed by atoms with Gasteiger partial charge in [-0.1, -0.05) is 24.3 Å². The third-order valence-electron chi connectivity index (χ3n) is 6.27. The highest BCUT2D eigenvalue weighted by molar-refractivity contribution is 6.24. The zero-order valence-electron chi connectivity index (χ0n) is 18.9. The molecule has 8 heteroatoms. The number of methoxy groups -OCH3 is 1. The minimum absolute atomic E-state index is 0.344. The number of anilines is 1. The zero-order valence-corrected chi connectivity index (χ0v) is 18.9. The molecule has 170 valence electrons. The van der Waals surface area contributed by atoms with Crippen molar-refractivity contribution in [1.29, 1.82) is 0 Å². The number of hydrazone groups is 1. The van der Waals surface area contributed by atoms with E-state index in [9.17, 15) is 14.4 Å². The number of nitrogens with zero attached hydrogens (tertiary/aromatic N) is 3. The van der Waals surface area contributed by atoms with Crippen molar-refractivity contribution in [2.45, 2.75) is 38.5 Å². The van der Waals surface area contributed by atoms with Crippen LogP contribution in [0.25, 0.3) is 0 Å². The van der Waals surface area contributed by atoms with Crippen molar-refractivity contribution < 1.29 is 23.9 Å². The minimum Gasteiger partial charge on any atom is -0.497 e. The van der Waals surface area contributed by atoms with Gasteiger partial charge >= 0.3 is 5.97 Å². The maximum absolute atomic E-state index is 13.7. The molecule has 3 aliphatic heterocycles. The topological polar surface area (TPSA) is 88.5 Å². The van der Waals surface area contributed by atoms with Crippen molar-refractivity contribution in [2.75, 3.05) is 12.0 Å². The molecule has 4 unspecified atom stereocenters. The van der Waals surface area contributed by atoms with Crippen LogP contribution in [0.3, 0.4) is 0 Å². The Balaban J connectivity index is 1.60. The number of fused-ring (bicyclic) bond motifs is 5. The molecule has 0 spiro atoms. The molecule has 3 heterocycles. The van der Waals surface area contributed by atoms with Crippen LogP contribution >= 0.6 is 0 Å². The molecule has 4 atom stereocenters. The Morgan fingerprint density at radius 2 is 1.64 bits per heavy atom. The summed E-state index contributed by atoms with van der Waals surface area (Å²) in [7, 11) is 1.55. The first-order chi connectivity index (χ1) is 15.7. The number of amides is 2. The zero-order chi connectivity index (χ0) is 23.5. The van der Waals surface area contributed by atoms with E-state index in [4.69, 9.17) is 9.47 Å². The van der Waals surface area contributed by atoms with Gasteiger partial charge in [0.25, 0.3) is 0 Å². The average Bonchev–Trinajstić information content (AvgIpc) is 3.25. The number of hydrogen-bond donors (Lipinski definition) is 0. The fraction of sp³-hybridized carbons (Fsp3) is 0.360. The number of hydrogen-bond acceptors (Lipinski definition) is 7. The van der Waals surface area contributed by atoms with E-state index in [0.29, 0.717) is 11.4 Å². The molecule has 0 saturated carbocycles. The van der Waals surface area contributed by atoms with Crippen LogP contribution in [0.15, 0.2) is 53.6 Å². The summed E-state index contributed by atoms with van der Waals surface area (Å²) in [6.07, 6.45) is 1.67. The molecule has 0 N–H and O–H groups in total. The van der Waals surface area contributed by atoms with E-state index in [-0.39, 0.29) is 5.91 Å². The lowest BCUT2D eigenvalue weighted by atomic mass is 9.85. The second-order valence-electron chi connectivity index (χ2n) is 9.44. The first-order valence-electron chi connectivity index (χ1n) is 10.9. The lowest BCUT2D eigenvalue weighted by molar-refractivity contribution is -0.163. The van der Waals surface area contributed by atoms with Crippen LogP contribution in [0.1, 0.15) is 37.9 Å². The van der Waals surface area contributed by atoms with Gasteiger partial charge in [0.05, 0.1) is 36.9 Å². The van der Waals surface area contributed by atoms with Gasteiger partial charge in [0.1, 0.15) is 11.4 Å². The van der Waals surface area contributed by atoms with Crippen molar-refractivity contribution in [2.24, 2.45) is 16.9 Å². The number of carbonyl (C=O) groups is 3. The van der Waals surface area contributed by atoms with Gasteiger partial charge in [-0.3, -0.25) is 14.6 Å². The highest BCUT2D eigenvalue weighted by Gasteiger charge is 2.66. The van der Waals surface area contributed by atoms with Crippen LogP contribution in [-0.2, 0) is 19.1 Å². The summed E-state index contributed by atoms with van der Waals surface area (Å²) in [5.41, 5.74) is 1.43. The Hall–Kier alpha value is -3.68. The predicted octanol–water partition coefficient (Wildman–Crippen LogP) is 2.92. The molecule has 0 bridgehead atoms. The highest BCUT2D eigenvalue weighted by Crippen LogP contribution is 2.52. The third kappa shape index (κ3) is 3.28. The quantitative estimate of drug-likeness (QED) is 0.531. The lowest BCUT2D eigenvalue weighted by Gasteiger charge is -2.34. The largest absolute Gasteiger partial charge is 0.497 e. The van der Waals surface area contributed by atoms with Crippen LogP contribution in [0.4, 0.5) is 5.69 Å². The van der Waals surface area contributed by atoms with Crippen LogP contribution in [-0.4, -0.2) is 47.8 Å². The van der Waals surface area contributed by atoms with E-state index in [2.05, 4.69) is 5.10 Å². The predicted molar refractivity (Wildman–Crippen MR) is 121 cm³/mol. The fourth-order valence-corrected chi connectivity index (χ4v) is 4.99. The van der Waals surface area contributed by atoms with Crippen LogP contribution in [0.2, 0.25) is 0 Å². The standard InChI is InChI=1S/C25H25N3O5/c1-25(2,3)33-24(31)21-19-18(20-17-8-6-5-7-14(17)13-26-28(20)21)22(29)27(23(19)30)15-9-11-16(32-4)12-10-15/h5-13,18-21H,1-4H3. The van der Waals surface area contributed by atoms with Crippen molar-refractivity contribution in [3.05, 3.63) is 59.7 Å². The molecule has 2 saturated heterocycles. The van der Waals surface area contributed by atoms with E-state index < -0.39 is 41.4 Å². The van der Waals surface area contributed by atoms with Crippen molar-refractivity contribution in [1.82, 2.24) is 5.01 Å². The third-order valence-corrected chi connectivity index (χ3v) is 6.27. The molecule has 33 heavy (non-hydrogen) atoms. The lowest BCUT2D eigenvalue weighted by Crippen LogP contribution is -2.46. The normalized spacial score (nSPS) is 25.6. The average molecular weight is 447 g/mol. The SMILES string of the molecule is COc1ccc(N2C(=O)C3C(C2=O)C2c4ccccc4C=NN2C3C(=O)OC(C)(C)C)cc1. The van der Waals surface area contributed by atoms with Gasteiger partial charge in [-0.2, -0.15) is 5.10 Å². The molecule has 2 aromatic carbocycles. The van der Waals surface area contributed by atoms with Gasteiger partial charge in [-0.25, -0.2) is 9.69 Å². The van der Waals surface area contributed by atoms with Gasteiger partial charge in [0.2, 0.25) is 11.8 Å². The Kier molecular flexibility index (Phi) is 4.77. The van der Waals surface area contributed by atoms with E-state index in [1.165, 1.54) is 4.90 Å². The van der Waals surface area contributed by atoms with E-state index in [1.54, 1.807) is 63.4 Å². The van der Waals surface area contributed by atoms with E-state index >= 15 is 0 Å². The molecule has 0 aliphatic carbocycles. The molecule has 2 fully saturated rings. The molecule has 2 aromatic rings. The Bertz CT molecular complexity index is 1170. The second-order valence-corrected chi connectivity index (χ2v) is 9.44. The van der Waals surface area contributed by atoms with Gasteiger partial charge in [0, 0.05) is 0 Å². The van der Waals surface area contributed by atoms with Crippen molar-refractivity contribution in [3.63, 3.8) is 0 Å². The smallest absolute Gasteiger partial charge is 0.331 e. The summed E-state index contributed by atoms with van der Waals surface area (Å²) >= 11 is 0. The molecule has 8 nitrogen and oxygen atoms in total. The molecule has 5 rings (SSSR count). The van der Waals surface area contributed by atoms with Crippen LogP contribution in [0.5, 0.6) is 5.75 Å². The number of carbonyl (C=O) groups excluding carboxylic acids is 3. The van der Waals surface area contributed by atoms with Gasteiger partial charge in [-0.15, -0.1) is 0 Å². The molecule has 0 aromatic heterocycles. The number of benzene rings is 2. The van der Waals surface area contributed by atoms with Crippen LogP contribution in [0, 0.1) is 11.8 Å². The number of esters is 1. The van der Waals surface area contributed by atoms with Gasteiger partial charge in [-0.05, 0) is 56.2 Å². The van der Waals surface area contributed by atoms with Crippen molar-refractivity contribution >= 4 is 29.7 Å². The molecule has 0 radical (unpaired) electrons. The monoisotopic (exact) mass is 447 g/mol. The first-order valence-corrected chi connectivity index (χ1v) is 10.9. The molecule has 2 amide bonds. The summed E-state index contributed by atoms with van der Waals surface area (Å²) in [4.78, 5) is 41.9. The van der Waals surface area contributed by atoms with Gasteiger partial charge < -0.3 is 9.47 Å². The Morgan fingerprint density at radius 3 is 2.30 bits per heavy atom. The van der Waals surface area contributed by atoms with E-state index in [0.717, 1.165) is 11.1 Å². The Morgan fingerprint density at radius 1 is 0.970 bits per heavy atom. The molecular weight excluding hydrogens is 422 g/mol.